The molecule has 0 radical (unpaired) electrons. The quantitative estimate of drug-likeness (QED) is 0.836. The van der Waals surface area contributed by atoms with Crippen molar-refractivity contribution in [3.05, 3.63) is 28.2 Å². The zero-order valence-corrected chi connectivity index (χ0v) is 13.4. The van der Waals surface area contributed by atoms with Gasteiger partial charge in [-0.15, -0.1) is 0 Å². The summed E-state index contributed by atoms with van der Waals surface area (Å²) in [5.74, 6) is -0.540. The van der Waals surface area contributed by atoms with E-state index in [9.17, 15) is 13.2 Å². The van der Waals surface area contributed by atoms with Gasteiger partial charge in [0.25, 0.3) is 0 Å². The number of alkyl halides is 3. The first-order valence-electron chi connectivity index (χ1n) is 7.04. The maximum absolute atomic E-state index is 13.0. The van der Waals surface area contributed by atoms with Crippen LogP contribution < -0.4 is 10.1 Å². The Morgan fingerprint density at radius 2 is 2.00 bits per heavy atom. The third-order valence-electron chi connectivity index (χ3n) is 3.99. The first kappa shape index (κ1) is 16.6. The van der Waals surface area contributed by atoms with Gasteiger partial charge in [0.1, 0.15) is 5.75 Å². The van der Waals surface area contributed by atoms with Crippen molar-refractivity contribution in [1.29, 1.82) is 0 Å². The Bertz CT molecular complexity index is 478. The summed E-state index contributed by atoms with van der Waals surface area (Å²) in [6.45, 7) is 0.398. The molecule has 0 heterocycles. The third kappa shape index (κ3) is 4.36. The molecule has 1 aliphatic carbocycles. The normalized spacial score (nSPS) is 23.1. The van der Waals surface area contributed by atoms with Crippen LogP contribution in [0, 0.1) is 5.92 Å². The molecule has 2 rings (SSSR count). The van der Waals surface area contributed by atoms with E-state index in [2.05, 4.69) is 21.2 Å². The van der Waals surface area contributed by atoms with Crippen molar-refractivity contribution in [2.45, 2.75) is 44.4 Å². The number of nitrogens with one attached hydrogen (secondary N) is 1. The van der Waals surface area contributed by atoms with E-state index in [0.717, 1.165) is 16.5 Å². The number of hydrogen-bond acceptors (Lipinski definition) is 2. The molecule has 1 fully saturated rings. The van der Waals surface area contributed by atoms with E-state index in [0.29, 0.717) is 25.1 Å². The number of rotatable bonds is 4. The van der Waals surface area contributed by atoms with E-state index < -0.39 is 18.1 Å². The summed E-state index contributed by atoms with van der Waals surface area (Å²) in [7, 11) is 1.57. The van der Waals surface area contributed by atoms with Crippen molar-refractivity contribution in [1.82, 2.24) is 5.32 Å². The Labute approximate surface area is 131 Å². The van der Waals surface area contributed by atoms with Gasteiger partial charge in [-0.2, -0.15) is 13.2 Å². The summed E-state index contributed by atoms with van der Waals surface area (Å²) in [5, 5.41) is 3.08. The highest BCUT2D eigenvalue weighted by atomic mass is 79.9. The van der Waals surface area contributed by atoms with Gasteiger partial charge in [0, 0.05) is 17.1 Å². The minimum Gasteiger partial charge on any atom is -0.497 e. The van der Waals surface area contributed by atoms with Crippen LogP contribution in [0.3, 0.4) is 0 Å². The molecule has 1 saturated carbocycles. The van der Waals surface area contributed by atoms with Crippen LogP contribution in [-0.2, 0) is 6.54 Å². The topological polar surface area (TPSA) is 21.3 Å². The van der Waals surface area contributed by atoms with Crippen molar-refractivity contribution in [3.8, 4) is 5.75 Å². The largest absolute Gasteiger partial charge is 0.497 e. The van der Waals surface area contributed by atoms with Crippen LogP contribution in [0.15, 0.2) is 22.7 Å². The molecule has 0 amide bonds. The van der Waals surface area contributed by atoms with Crippen LogP contribution in [0.5, 0.6) is 5.75 Å². The molecule has 0 aliphatic heterocycles. The third-order valence-corrected chi connectivity index (χ3v) is 4.77. The standard InChI is InChI=1S/C15H19BrF3NO/c1-21-11-6-7-13(16)10(8-11)9-20-14-5-3-2-4-12(14)15(17,18)19/h6-8,12,14,20H,2-5,9H2,1H3. The van der Waals surface area contributed by atoms with E-state index >= 15 is 0 Å². The number of methoxy groups -OCH3 is 1. The summed E-state index contributed by atoms with van der Waals surface area (Å²) < 4.78 is 45.2. The predicted molar refractivity (Wildman–Crippen MR) is 79.3 cm³/mol. The lowest BCUT2D eigenvalue weighted by Crippen LogP contribution is -2.45. The maximum Gasteiger partial charge on any atom is 0.393 e. The van der Waals surface area contributed by atoms with Gasteiger partial charge >= 0.3 is 6.18 Å². The number of hydrogen-bond donors (Lipinski definition) is 1. The van der Waals surface area contributed by atoms with Gasteiger partial charge in [0.05, 0.1) is 13.0 Å². The fourth-order valence-corrected chi connectivity index (χ4v) is 3.21. The van der Waals surface area contributed by atoms with Crippen molar-refractivity contribution < 1.29 is 17.9 Å². The lowest BCUT2D eigenvalue weighted by Gasteiger charge is -2.33. The highest BCUT2D eigenvalue weighted by Gasteiger charge is 2.45. The molecule has 0 saturated heterocycles. The molecule has 2 unspecified atom stereocenters. The zero-order valence-electron chi connectivity index (χ0n) is 11.8. The number of ether oxygens (including phenoxy) is 1. The second-order valence-corrected chi connectivity index (χ2v) is 6.23. The zero-order chi connectivity index (χ0) is 15.5. The summed E-state index contributed by atoms with van der Waals surface area (Å²) in [6, 6.07) is 4.99. The molecule has 6 heteroatoms. The van der Waals surface area contributed by atoms with Crippen LogP contribution >= 0.6 is 15.9 Å². The molecule has 118 valence electrons. The Kier molecular flexibility index (Phi) is 5.54. The minimum atomic E-state index is -4.12. The van der Waals surface area contributed by atoms with Crippen molar-refractivity contribution in [2.75, 3.05) is 7.11 Å². The Balaban J connectivity index is 2.04. The number of benzene rings is 1. The predicted octanol–water partition coefficient (Wildman–Crippen LogP) is 4.67. The smallest absolute Gasteiger partial charge is 0.393 e. The molecule has 0 spiro atoms. The van der Waals surface area contributed by atoms with Crippen molar-refractivity contribution in [3.63, 3.8) is 0 Å². The summed E-state index contributed by atoms with van der Waals surface area (Å²) in [4.78, 5) is 0. The Hall–Kier alpha value is -0.750. The second kappa shape index (κ2) is 7.01. The molecular formula is C15H19BrF3NO. The second-order valence-electron chi connectivity index (χ2n) is 5.38. The lowest BCUT2D eigenvalue weighted by atomic mass is 9.84. The Morgan fingerprint density at radius 1 is 1.29 bits per heavy atom. The van der Waals surface area contributed by atoms with E-state index in [1.807, 2.05) is 18.2 Å². The van der Waals surface area contributed by atoms with Gasteiger partial charge in [-0.25, -0.2) is 0 Å². The Morgan fingerprint density at radius 3 is 2.67 bits per heavy atom. The van der Waals surface area contributed by atoms with Crippen LogP contribution in [0.4, 0.5) is 13.2 Å². The highest BCUT2D eigenvalue weighted by molar-refractivity contribution is 9.10. The fourth-order valence-electron chi connectivity index (χ4n) is 2.82. The van der Waals surface area contributed by atoms with Crippen molar-refractivity contribution in [2.24, 2.45) is 5.92 Å². The van der Waals surface area contributed by atoms with Gasteiger partial charge < -0.3 is 10.1 Å². The molecule has 1 N–H and O–H groups in total. The molecule has 21 heavy (non-hydrogen) atoms. The summed E-state index contributed by atoms with van der Waals surface area (Å²) >= 11 is 3.42. The average molecular weight is 366 g/mol. The van der Waals surface area contributed by atoms with Gasteiger partial charge in [-0.3, -0.25) is 0 Å². The molecule has 2 atom stereocenters. The first-order chi connectivity index (χ1) is 9.91. The van der Waals surface area contributed by atoms with Gasteiger partial charge in [0.15, 0.2) is 0 Å². The molecule has 0 bridgehead atoms. The first-order valence-corrected chi connectivity index (χ1v) is 7.83. The maximum atomic E-state index is 13.0. The van der Waals surface area contributed by atoms with Crippen LogP contribution in [0.1, 0.15) is 31.2 Å². The minimum absolute atomic E-state index is 0.223. The van der Waals surface area contributed by atoms with E-state index in [1.165, 1.54) is 0 Å². The van der Waals surface area contributed by atoms with Crippen LogP contribution in [-0.4, -0.2) is 19.3 Å². The van der Waals surface area contributed by atoms with E-state index in [1.54, 1.807) is 7.11 Å². The summed E-state index contributed by atoms with van der Waals surface area (Å²) in [5.41, 5.74) is 0.904. The van der Waals surface area contributed by atoms with E-state index in [4.69, 9.17) is 4.74 Å². The average Bonchev–Trinajstić information content (AvgIpc) is 2.46. The fraction of sp³-hybridized carbons (Fsp3) is 0.600. The molecule has 0 aromatic heterocycles. The SMILES string of the molecule is COc1ccc(Br)c(CNC2CCCCC2C(F)(F)F)c1. The molecule has 2 nitrogen and oxygen atoms in total. The van der Waals surface area contributed by atoms with Crippen LogP contribution in [0.25, 0.3) is 0 Å². The lowest BCUT2D eigenvalue weighted by molar-refractivity contribution is -0.189. The molecule has 1 aromatic carbocycles. The molecule has 1 aliphatic rings. The van der Waals surface area contributed by atoms with Gasteiger partial charge in [0.2, 0.25) is 0 Å². The van der Waals surface area contributed by atoms with Crippen LogP contribution in [0.2, 0.25) is 0 Å². The van der Waals surface area contributed by atoms with Crippen molar-refractivity contribution >= 4 is 15.9 Å². The van der Waals surface area contributed by atoms with Gasteiger partial charge in [-0.05, 0) is 36.6 Å². The molecular weight excluding hydrogens is 347 g/mol. The monoisotopic (exact) mass is 365 g/mol. The van der Waals surface area contributed by atoms with Gasteiger partial charge in [-0.1, -0.05) is 28.8 Å². The number of halogens is 4. The summed E-state index contributed by atoms with van der Waals surface area (Å²) in [6.07, 6.45) is -1.81. The molecule has 1 aromatic rings. The van der Waals surface area contributed by atoms with E-state index in [-0.39, 0.29) is 6.42 Å². The highest BCUT2D eigenvalue weighted by Crippen LogP contribution is 2.38.